The standard InChI is InChI=1S/C9H16N2O3S/c10-5-8-15(13,14)11-6-2-1-3-9(11)4-7-12/h9,12H,1-4,6-8H2. The van der Waals surface area contributed by atoms with Gasteiger partial charge in [0, 0.05) is 19.2 Å². The number of aliphatic hydroxyl groups is 1. The number of rotatable bonds is 4. The van der Waals surface area contributed by atoms with Crippen molar-refractivity contribution in [2.75, 3.05) is 18.9 Å². The summed E-state index contributed by atoms with van der Waals surface area (Å²) in [5.74, 6) is -0.463. The van der Waals surface area contributed by atoms with Crippen LogP contribution >= 0.6 is 0 Å². The topological polar surface area (TPSA) is 81.4 Å². The predicted octanol–water partition coefficient (Wildman–Crippen LogP) is 0.0767. The number of nitriles is 1. The number of aliphatic hydroxyl groups excluding tert-OH is 1. The summed E-state index contributed by atoms with van der Waals surface area (Å²) in [4.78, 5) is 0. The Hall–Kier alpha value is -0.640. The van der Waals surface area contributed by atoms with E-state index in [2.05, 4.69) is 0 Å². The van der Waals surface area contributed by atoms with E-state index in [4.69, 9.17) is 10.4 Å². The van der Waals surface area contributed by atoms with Gasteiger partial charge in [-0.2, -0.15) is 9.57 Å². The highest BCUT2D eigenvalue weighted by Crippen LogP contribution is 2.22. The summed E-state index contributed by atoms with van der Waals surface area (Å²) in [5.41, 5.74) is 0. The molecule has 1 aliphatic heterocycles. The van der Waals surface area contributed by atoms with Crippen molar-refractivity contribution in [1.29, 1.82) is 5.26 Å². The maximum absolute atomic E-state index is 11.7. The second kappa shape index (κ2) is 5.45. The molecule has 0 aromatic carbocycles. The average Bonchev–Trinajstić information content (AvgIpc) is 2.19. The van der Waals surface area contributed by atoms with Gasteiger partial charge in [-0.3, -0.25) is 0 Å². The molecule has 1 saturated heterocycles. The zero-order valence-corrected chi connectivity index (χ0v) is 9.41. The fourth-order valence-electron chi connectivity index (χ4n) is 1.94. The third kappa shape index (κ3) is 3.16. The number of sulfonamides is 1. The van der Waals surface area contributed by atoms with Crippen LogP contribution in [0.4, 0.5) is 0 Å². The Balaban J connectivity index is 2.76. The van der Waals surface area contributed by atoms with E-state index in [1.165, 1.54) is 4.31 Å². The molecule has 1 heterocycles. The molecule has 0 amide bonds. The molecule has 6 heteroatoms. The molecule has 0 aromatic rings. The molecule has 1 unspecified atom stereocenters. The van der Waals surface area contributed by atoms with Gasteiger partial charge >= 0.3 is 0 Å². The second-order valence-corrected chi connectivity index (χ2v) is 5.61. The van der Waals surface area contributed by atoms with Crippen LogP contribution in [0.15, 0.2) is 0 Å². The lowest BCUT2D eigenvalue weighted by Gasteiger charge is -2.33. The Labute approximate surface area is 90.4 Å². The zero-order valence-electron chi connectivity index (χ0n) is 8.59. The third-order valence-corrected chi connectivity index (χ3v) is 4.33. The zero-order chi connectivity index (χ0) is 11.3. The van der Waals surface area contributed by atoms with Crippen LogP contribution in [-0.4, -0.2) is 42.8 Å². The quantitative estimate of drug-likeness (QED) is 0.744. The summed E-state index contributed by atoms with van der Waals surface area (Å²) < 4.78 is 24.8. The molecule has 1 aliphatic rings. The molecule has 86 valence electrons. The van der Waals surface area contributed by atoms with E-state index in [9.17, 15) is 8.42 Å². The summed E-state index contributed by atoms with van der Waals surface area (Å²) >= 11 is 0. The molecule has 0 saturated carbocycles. The molecule has 1 fully saturated rings. The lowest BCUT2D eigenvalue weighted by atomic mass is 10.0. The molecule has 1 atom stereocenters. The molecule has 0 bridgehead atoms. The lowest BCUT2D eigenvalue weighted by Crippen LogP contribution is -2.44. The van der Waals surface area contributed by atoms with Crippen molar-refractivity contribution in [3.05, 3.63) is 0 Å². The van der Waals surface area contributed by atoms with E-state index < -0.39 is 15.8 Å². The minimum atomic E-state index is -3.44. The van der Waals surface area contributed by atoms with Crippen molar-refractivity contribution in [1.82, 2.24) is 4.31 Å². The lowest BCUT2D eigenvalue weighted by molar-refractivity contribution is 0.193. The highest BCUT2D eigenvalue weighted by Gasteiger charge is 2.31. The van der Waals surface area contributed by atoms with Crippen LogP contribution in [0.3, 0.4) is 0 Å². The van der Waals surface area contributed by atoms with E-state index >= 15 is 0 Å². The number of nitrogens with zero attached hydrogens (tertiary/aromatic N) is 2. The number of hydrogen-bond acceptors (Lipinski definition) is 4. The van der Waals surface area contributed by atoms with Gasteiger partial charge < -0.3 is 5.11 Å². The Morgan fingerprint density at radius 3 is 2.80 bits per heavy atom. The monoisotopic (exact) mass is 232 g/mol. The second-order valence-electron chi connectivity index (χ2n) is 3.69. The van der Waals surface area contributed by atoms with Crippen LogP contribution in [0.1, 0.15) is 25.7 Å². The van der Waals surface area contributed by atoms with Gasteiger partial charge in [-0.05, 0) is 19.3 Å². The first kappa shape index (κ1) is 12.4. The van der Waals surface area contributed by atoms with Crippen molar-refractivity contribution >= 4 is 10.0 Å². The van der Waals surface area contributed by atoms with Crippen molar-refractivity contribution in [2.24, 2.45) is 0 Å². The molecule has 5 nitrogen and oxygen atoms in total. The predicted molar refractivity (Wildman–Crippen MR) is 55.4 cm³/mol. The molecular weight excluding hydrogens is 216 g/mol. The Morgan fingerprint density at radius 1 is 1.47 bits per heavy atom. The van der Waals surface area contributed by atoms with Crippen LogP contribution in [0.25, 0.3) is 0 Å². The normalized spacial score (nSPS) is 23.6. The third-order valence-electron chi connectivity index (χ3n) is 2.64. The average molecular weight is 232 g/mol. The van der Waals surface area contributed by atoms with Gasteiger partial charge in [0.15, 0.2) is 5.75 Å². The van der Waals surface area contributed by atoms with Crippen LogP contribution in [0, 0.1) is 11.3 Å². The van der Waals surface area contributed by atoms with Gasteiger partial charge in [0.25, 0.3) is 0 Å². The minimum absolute atomic E-state index is 0.0107. The first-order chi connectivity index (χ1) is 7.11. The van der Waals surface area contributed by atoms with Gasteiger partial charge in [-0.1, -0.05) is 6.42 Å². The van der Waals surface area contributed by atoms with E-state index in [0.717, 1.165) is 19.3 Å². The largest absolute Gasteiger partial charge is 0.396 e. The smallest absolute Gasteiger partial charge is 0.227 e. The van der Waals surface area contributed by atoms with E-state index in [1.807, 2.05) is 0 Å². The van der Waals surface area contributed by atoms with Crippen LogP contribution < -0.4 is 0 Å². The van der Waals surface area contributed by atoms with Crippen molar-refractivity contribution < 1.29 is 13.5 Å². The summed E-state index contributed by atoms with van der Waals surface area (Å²) in [6, 6.07) is 1.55. The molecule has 1 N–H and O–H groups in total. The van der Waals surface area contributed by atoms with E-state index in [-0.39, 0.29) is 12.6 Å². The summed E-state index contributed by atoms with van der Waals surface area (Å²) in [7, 11) is -3.44. The van der Waals surface area contributed by atoms with E-state index in [0.29, 0.717) is 13.0 Å². The maximum atomic E-state index is 11.7. The maximum Gasteiger partial charge on any atom is 0.227 e. The van der Waals surface area contributed by atoms with Gasteiger partial charge in [0.2, 0.25) is 10.0 Å². The van der Waals surface area contributed by atoms with Crippen LogP contribution in [0.5, 0.6) is 0 Å². The minimum Gasteiger partial charge on any atom is -0.396 e. The molecular formula is C9H16N2O3S. The van der Waals surface area contributed by atoms with Gasteiger partial charge in [-0.25, -0.2) is 8.42 Å². The first-order valence-electron chi connectivity index (χ1n) is 5.09. The molecule has 0 aliphatic carbocycles. The SMILES string of the molecule is N#CCS(=O)(=O)N1CCCCC1CCO. The van der Waals surface area contributed by atoms with Crippen LogP contribution in [-0.2, 0) is 10.0 Å². The fourth-order valence-corrected chi connectivity index (χ4v) is 3.34. The van der Waals surface area contributed by atoms with E-state index in [1.54, 1.807) is 6.07 Å². The highest BCUT2D eigenvalue weighted by molar-refractivity contribution is 7.89. The fraction of sp³-hybridized carbons (Fsp3) is 0.889. The van der Waals surface area contributed by atoms with Crippen LogP contribution in [0.2, 0.25) is 0 Å². The van der Waals surface area contributed by atoms with Crippen molar-refractivity contribution in [2.45, 2.75) is 31.7 Å². The Morgan fingerprint density at radius 2 is 2.20 bits per heavy atom. The van der Waals surface area contributed by atoms with Crippen molar-refractivity contribution in [3.63, 3.8) is 0 Å². The highest BCUT2D eigenvalue weighted by atomic mass is 32.2. The van der Waals surface area contributed by atoms with Gasteiger partial charge in [0.1, 0.15) is 0 Å². The summed E-state index contributed by atoms with van der Waals surface area (Å²) in [6.07, 6.45) is 3.08. The molecule has 0 radical (unpaired) electrons. The molecule has 1 rings (SSSR count). The Bertz CT molecular complexity index is 332. The summed E-state index contributed by atoms with van der Waals surface area (Å²) in [6.45, 7) is 0.470. The first-order valence-corrected chi connectivity index (χ1v) is 6.70. The molecule has 0 aromatic heterocycles. The Kier molecular flexibility index (Phi) is 4.51. The van der Waals surface area contributed by atoms with Crippen molar-refractivity contribution in [3.8, 4) is 6.07 Å². The number of hydrogen-bond donors (Lipinski definition) is 1. The van der Waals surface area contributed by atoms with Gasteiger partial charge in [0.05, 0.1) is 6.07 Å². The molecule has 0 spiro atoms. The molecule has 15 heavy (non-hydrogen) atoms. The summed E-state index contributed by atoms with van der Waals surface area (Å²) in [5, 5.41) is 17.3. The number of piperidine rings is 1. The van der Waals surface area contributed by atoms with Gasteiger partial charge in [-0.15, -0.1) is 0 Å².